The number of aromatic amines is 1. The summed E-state index contributed by atoms with van der Waals surface area (Å²) in [6.07, 6.45) is -0.0135. The summed E-state index contributed by atoms with van der Waals surface area (Å²) in [5.74, 6) is -2.14. The zero-order valence-corrected chi connectivity index (χ0v) is 8.57. The van der Waals surface area contributed by atoms with Crippen molar-refractivity contribution < 1.29 is 19.8 Å². The molecule has 5 nitrogen and oxygen atoms in total. The summed E-state index contributed by atoms with van der Waals surface area (Å²) in [6, 6.07) is 1.51. The molecule has 1 rings (SSSR count). The van der Waals surface area contributed by atoms with E-state index in [9.17, 15) is 9.59 Å². The normalized spacial score (nSPS) is 12.4. The first kappa shape index (κ1) is 11.3. The lowest BCUT2D eigenvalue weighted by molar-refractivity contribution is -0.137. The number of hydrogen-bond acceptors (Lipinski definition) is 2. The van der Waals surface area contributed by atoms with E-state index in [4.69, 9.17) is 10.2 Å². The summed E-state index contributed by atoms with van der Waals surface area (Å²) in [6.45, 7) is 3.51. The molecule has 0 radical (unpaired) electrons. The van der Waals surface area contributed by atoms with Crippen LogP contribution in [0.1, 0.15) is 41.0 Å². The Kier molecular flexibility index (Phi) is 3.14. The minimum atomic E-state index is -1.04. The Bertz CT molecular complexity index is 394. The van der Waals surface area contributed by atoms with Crippen LogP contribution in [0.4, 0.5) is 0 Å². The number of aryl methyl sites for hydroxylation is 1. The fourth-order valence-electron chi connectivity index (χ4n) is 1.57. The van der Waals surface area contributed by atoms with Crippen molar-refractivity contribution in [1.29, 1.82) is 0 Å². The largest absolute Gasteiger partial charge is 0.481 e. The Morgan fingerprint density at radius 2 is 2.07 bits per heavy atom. The molecular formula is C10H13NO4. The van der Waals surface area contributed by atoms with Crippen molar-refractivity contribution in [3.05, 3.63) is 23.0 Å². The molecule has 0 aliphatic rings. The van der Waals surface area contributed by atoms with Crippen molar-refractivity contribution in [2.45, 2.75) is 26.2 Å². The van der Waals surface area contributed by atoms with E-state index in [0.29, 0.717) is 5.69 Å². The predicted octanol–water partition coefficient (Wildman–Crippen LogP) is 1.60. The van der Waals surface area contributed by atoms with Gasteiger partial charge in [0, 0.05) is 11.6 Å². The van der Waals surface area contributed by atoms with Crippen molar-refractivity contribution in [2.75, 3.05) is 0 Å². The minimum Gasteiger partial charge on any atom is -0.481 e. The molecule has 0 aromatic carbocycles. The number of aliphatic carboxylic acids is 1. The maximum atomic E-state index is 10.7. The fourth-order valence-corrected chi connectivity index (χ4v) is 1.57. The first-order valence-electron chi connectivity index (χ1n) is 4.56. The second-order valence-corrected chi connectivity index (χ2v) is 3.58. The van der Waals surface area contributed by atoms with Crippen molar-refractivity contribution in [2.24, 2.45) is 0 Å². The summed E-state index contributed by atoms with van der Waals surface area (Å²) in [5.41, 5.74) is 1.55. The van der Waals surface area contributed by atoms with Crippen molar-refractivity contribution in [3.8, 4) is 0 Å². The molecule has 5 heteroatoms. The molecular weight excluding hydrogens is 198 g/mol. The van der Waals surface area contributed by atoms with Gasteiger partial charge in [0.05, 0.1) is 6.42 Å². The molecule has 82 valence electrons. The number of carboxylic acids is 2. The van der Waals surface area contributed by atoms with Crippen LogP contribution in [0.2, 0.25) is 0 Å². The molecule has 0 aliphatic heterocycles. The predicted molar refractivity (Wildman–Crippen MR) is 53.2 cm³/mol. The van der Waals surface area contributed by atoms with Crippen LogP contribution in [-0.4, -0.2) is 27.1 Å². The van der Waals surface area contributed by atoms with E-state index in [2.05, 4.69) is 4.98 Å². The summed E-state index contributed by atoms with van der Waals surface area (Å²) in [5, 5.41) is 17.4. The number of aromatic carboxylic acids is 1. The molecule has 1 atom stereocenters. The number of rotatable bonds is 4. The maximum Gasteiger partial charge on any atom is 0.352 e. The average molecular weight is 211 g/mol. The first-order chi connectivity index (χ1) is 6.91. The Morgan fingerprint density at radius 3 is 2.47 bits per heavy atom. The Balaban J connectivity index is 2.94. The van der Waals surface area contributed by atoms with Crippen LogP contribution in [0.25, 0.3) is 0 Å². The Hall–Kier alpha value is -1.78. The molecule has 0 aliphatic carbocycles. The maximum absolute atomic E-state index is 10.7. The molecule has 0 bridgehead atoms. The zero-order valence-electron chi connectivity index (χ0n) is 8.57. The lowest BCUT2D eigenvalue weighted by atomic mass is 10.0. The summed E-state index contributed by atoms with van der Waals surface area (Å²) in [7, 11) is 0. The number of H-pyrrole nitrogens is 1. The van der Waals surface area contributed by atoms with Gasteiger partial charge in [0.2, 0.25) is 0 Å². The zero-order chi connectivity index (χ0) is 11.6. The molecule has 1 heterocycles. The van der Waals surface area contributed by atoms with E-state index in [1.165, 1.54) is 6.07 Å². The van der Waals surface area contributed by atoms with Crippen LogP contribution < -0.4 is 0 Å². The molecule has 0 saturated heterocycles. The van der Waals surface area contributed by atoms with Gasteiger partial charge < -0.3 is 15.2 Å². The number of carbonyl (C=O) groups is 2. The highest BCUT2D eigenvalue weighted by molar-refractivity contribution is 5.86. The van der Waals surface area contributed by atoms with E-state index < -0.39 is 11.9 Å². The topological polar surface area (TPSA) is 90.4 Å². The molecule has 1 unspecified atom stereocenters. The van der Waals surface area contributed by atoms with E-state index in [1.807, 2.05) is 0 Å². The van der Waals surface area contributed by atoms with Gasteiger partial charge in [-0.2, -0.15) is 0 Å². The first-order valence-corrected chi connectivity index (χ1v) is 4.56. The third kappa shape index (κ3) is 2.59. The van der Waals surface area contributed by atoms with Gasteiger partial charge in [-0.05, 0) is 18.6 Å². The highest BCUT2D eigenvalue weighted by Crippen LogP contribution is 2.22. The number of aromatic nitrogens is 1. The van der Waals surface area contributed by atoms with Crippen LogP contribution >= 0.6 is 0 Å². The molecule has 1 aromatic rings. The summed E-state index contributed by atoms with van der Waals surface area (Å²) >= 11 is 0. The lowest BCUT2D eigenvalue weighted by Crippen LogP contribution is -2.05. The van der Waals surface area contributed by atoms with Crippen LogP contribution in [-0.2, 0) is 4.79 Å². The Labute approximate surface area is 86.7 Å². The smallest absolute Gasteiger partial charge is 0.352 e. The Morgan fingerprint density at radius 1 is 1.47 bits per heavy atom. The van der Waals surface area contributed by atoms with E-state index in [0.717, 1.165) is 5.56 Å². The standard InChI is InChI=1S/C10H13NO4/c1-5-3-7(10(14)15)11-9(5)6(2)4-8(12)13/h3,6,11H,4H2,1-2H3,(H,12,13)(H,14,15). The van der Waals surface area contributed by atoms with Crippen molar-refractivity contribution >= 4 is 11.9 Å². The van der Waals surface area contributed by atoms with Gasteiger partial charge >= 0.3 is 11.9 Å². The molecule has 3 N–H and O–H groups in total. The van der Waals surface area contributed by atoms with Crippen molar-refractivity contribution in [3.63, 3.8) is 0 Å². The van der Waals surface area contributed by atoms with Gasteiger partial charge in [-0.3, -0.25) is 4.79 Å². The van der Waals surface area contributed by atoms with Crippen LogP contribution in [0.15, 0.2) is 6.07 Å². The summed E-state index contributed by atoms with van der Waals surface area (Å²) < 4.78 is 0. The van der Waals surface area contributed by atoms with Gasteiger partial charge in [0.1, 0.15) is 5.69 Å². The van der Waals surface area contributed by atoms with Gasteiger partial charge in [0.25, 0.3) is 0 Å². The number of hydrogen-bond donors (Lipinski definition) is 3. The second kappa shape index (κ2) is 4.16. The summed E-state index contributed by atoms with van der Waals surface area (Å²) in [4.78, 5) is 23.9. The molecule has 1 aromatic heterocycles. The van der Waals surface area contributed by atoms with Gasteiger partial charge in [0.15, 0.2) is 0 Å². The van der Waals surface area contributed by atoms with Crippen LogP contribution in [0, 0.1) is 6.92 Å². The van der Waals surface area contributed by atoms with Gasteiger partial charge in [-0.1, -0.05) is 6.92 Å². The van der Waals surface area contributed by atoms with Crippen LogP contribution in [0.5, 0.6) is 0 Å². The lowest BCUT2D eigenvalue weighted by Gasteiger charge is -2.07. The quantitative estimate of drug-likeness (QED) is 0.705. The third-order valence-corrected chi connectivity index (χ3v) is 2.26. The molecule has 0 spiro atoms. The SMILES string of the molecule is Cc1cc(C(=O)O)[nH]c1C(C)CC(=O)O. The molecule has 0 fully saturated rings. The van der Waals surface area contributed by atoms with Gasteiger partial charge in [-0.15, -0.1) is 0 Å². The third-order valence-electron chi connectivity index (χ3n) is 2.26. The molecule has 0 saturated carbocycles. The fraction of sp³-hybridized carbons (Fsp3) is 0.400. The van der Waals surface area contributed by atoms with Crippen LogP contribution in [0.3, 0.4) is 0 Å². The molecule has 15 heavy (non-hydrogen) atoms. The van der Waals surface area contributed by atoms with E-state index in [1.54, 1.807) is 13.8 Å². The monoisotopic (exact) mass is 211 g/mol. The van der Waals surface area contributed by atoms with Gasteiger partial charge in [-0.25, -0.2) is 4.79 Å². The van der Waals surface area contributed by atoms with E-state index >= 15 is 0 Å². The number of carboxylic acid groups (broad SMARTS) is 2. The molecule has 0 amide bonds. The minimum absolute atomic E-state index is 0.0135. The van der Waals surface area contributed by atoms with E-state index in [-0.39, 0.29) is 18.0 Å². The second-order valence-electron chi connectivity index (χ2n) is 3.58. The average Bonchev–Trinajstić information content (AvgIpc) is 2.46. The highest BCUT2D eigenvalue weighted by Gasteiger charge is 2.17. The number of nitrogens with one attached hydrogen (secondary N) is 1. The van der Waals surface area contributed by atoms with Crippen molar-refractivity contribution in [1.82, 2.24) is 4.98 Å². The highest BCUT2D eigenvalue weighted by atomic mass is 16.4.